The Morgan fingerprint density at radius 2 is 2.32 bits per heavy atom. The molecule has 22 heavy (non-hydrogen) atoms. The van der Waals surface area contributed by atoms with E-state index in [0.717, 1.165) is 0 Å². The van der Waals surface area contributed by atoms with Crippen molar-refractivity contribution in [2.24, 2.45) is 5.10 Å². The highest BCUT2D eigenvalue weighted by molar-refractivity contribution is 5.92. The second-order valence-corrected chi connectivity index (χ2v) is 4.38. The Balaban J connectivity index is 1.96. The van der Waals surface area contributed by atoms with Crippen LogP contribution >= 0.6 is 0 Å². The van der Waals surface area contributed by atoms with Crippen LogP contribution < -0.4 is 21.0 Å². The molecule has 4 N–H and O–H groups in total. The van der Waals surface area contributed by atoms with Crippen molar-refractivity contribution in [2.45, 2.75) is 13.3 Å². The number of phenols is 1. The van der Waals surface area contributed by atoms with Gasteiger partial charge in [-0.05, 0) is 19.1 Å². The number of carbonyl (C=O) groups excluding carboxylic acids is 2. The third kappa shape index (κ3) is 3.98. The van der Waals surface area contributed by atoms with Crippen LogP contribution in [-0.4, -0.2) is 29.7 Å². The molecule has 1 fully saturated rings. The Bertz CT molecular complexity index is 640. The lowest BCUT2D eigenvalue weighted by atomic mass is 10.2. The maximum Gasteiger partial charge on any atom is 0.265 e. The predicted octanol–water partition coefficient (Wildman–Crippen LogP) is 0.149. The molecule has 0 saturated carbocycles. The van der Waals surface area contributed by atoms with Gasteiger partial charge in [-0.25, -0.2) is 5.43 Å². The first-order valence-corrected chi connectivity index (χ1v) is 6.63. The molecule has 0 unspecified atom stereocenters. The molecule has 0 bridgehead atoms. The first kappa shape index (κ1) is 15.4. The number of nitrogens with zero attached hydrogens (tertiary/aromatic N) is 1. The van der Waals surface area contributed by atoms with Crippen LogP contribution in [0.15, 0.2) is 35.1 Å². The van der Waals surface area contributed by atoms with Gasteiger partial charge in [0.1, 0.15) is 0 Å². The number of ether oxygens (including phenoxy) is 1. The largest absolute Gasteiger partial charge is 0.504 e. The summed E-state index contributed by atoms with van der Waals surface area (Å²) in [6.07, 6.45) is 2.65. The van der Waals surface area contributed by atoms with Gasteiger partial charge in [-0.3, -0.25) is 15.0 Å². The molecule has 1 saturated heterocycles. The highest BCUT2D eigenvalue weighted by atomic mass is 16.5. The number of benzene rings is 1. The van der Waals surface area contributed by atoms with Gasteiger partial charge in [0.25, 0.3) is 5.91 Å². The zero-order valence-electron chi connectivity index (χ0n) is 11.9. The van der Waals surface area contributed by atoms with Crippen molar-refractivity contribution in [3.63, 3.8) is 0 Å². The quantitative estimate of drug-likeness (QED) is 0.351. The molecule has 0 atom stereocenters. The van der Waals surface area contributed by atoms with Crippen LogP contribution in [-0.2, 0) is 9.59 Å². The minimum atomic E-state index is -0.490. The number of hydrogen-bond acceptors (Lipinski definition) is 6. The summed E-state index contributed by atoms with van der Waals surface area (Å²) in [5.41, 5.74) is 8.07. The van der Waals surface area contributed by atoms with Crippen molar-refractivity contribution in [3.8, 4) is 11.5 Å². The van der Waals surface area contributed by atoms with Gasteiger partial charge in [0, 0.05) is 17.3 Å². The van der Waals surface area contributed by atoms with E-state index in [-0.39, 0.29) is 18.1 Å². The van der Waals surface area contributed by atoms with Crippen LogP contribution in [0.4, 0.5) is 0 Å². The maximum absolute atomic E-state index is 11.6. The molecular formula is C14H16N4O4. The number of para-hydroxylation sites is 1. The number of phenolic OH excluding ortho intramolecular Hbond substituents is 1. The number of aromatic hydroxyl groups is 1. The first-order chi connectivity index (χ1) is 10.6. The molecule has 1 heterocycles. The van der Waals surface area contributed by atoms with E-state index in [2.05, 4.69) is 21.4 Å². The Labute approximate surface area is 126 Å². The second kappa shape index (κ2) is 7.11. The fourth-order valence-electron chi connectivity index (χ4n) is 1.77. The molecule has 1 aromatic rings. The van der Waals surface area contributed by atoms with Crippen molar-refractivity contribution in [1.29, 1.82) is 0 Å². The molecule has 0 aliphatic carbocycles. The van der Waals surface area contributed by atoms with Crippen LogP contribution in [0.2, 0.25) is 0 Å². The summed E-state index contributed by atoms with van der Waals surface area (Å²) in [6, 6.07) is 4.97. The summed E-state index contributed by atoms with van der Waals surface area (Å²) in [7, 11) is 0. The monoisotopic (exact) mass is 304 g/mol. The molecule has 1 aliphatic rings. The average Bonchev–Trinajstić information content (AvgIpc) is 2.88. The first-order valence-electron chi connectivity index (χ1n) is 6.63. The van der Waals surface area contributed by atoms with Gasteiger partial charge >= 0.3 is 0 Å². The fourth-order valence-corrected chi connectivity index (χ4v) is 1.77. The second-order valence-electron chi connectivity index (χ2n) is 4.38. The summed E-state index contributed by atoms with van der Waals surface area (Å²) in [4.78, 5) is 22.5. The van der Waals surface area contributed by atoms with E-state index in [1.165, 1.54) is 12.3 Å². The third-order valence-electron chi connectivity index (χ3n) is 2.73. The summed E-state index contributed by atoms with van der Waals surface area (Å²) in [5.74, 6) is -0.400. The molecule has 2 amide bonds. The summed E-state index contributed by atoms with van der Waals surface area (Å²) in [5, 5.41) is 13.7. The van der Waals surface area contributed by atoms with E-state index in [4.69, 9.17) is 4.74 Å². The number of nitrogens with one attached hydrogen (secondary N) is 3. The Hall–Kier alpha value is -3.03. The molecule has 0 aromatic heterocycles. The number of carbonyl (C=O) groups is 2. The minimum absolute atomic E-state index is 0.0482. The maximum atomic E-state index is 11.6. The van der Waals surface area contributed by atoms with Gasteiger partial charge in [0.05, 0.1) is 19.2 Å². The Morgan fingerprint density at radius 3 is 3.00 bits per heavy atom. The van der Waals surface area contributed by atoms with Gasteiger partial charge in [0.2, 0.25) is 5.91 Å². The van der Waals surface area contributed by atoms with Crippen LogP contribution in [0.25, 0.3) is 0 Å². The van der Waals surface area contributed by atoms with E-state index in [1.807, 2.05) is 6.92 Å². The van der Waals surface area contributed by atoms with E-state index < -0.39 is 5.91 Å². The van der Waals surface area contributed by atoms with Crippen LogP contribution in [0.1, 0.15) is 18.9 Å². The van der Waals surface area contributed by atoms with E-state index in [9.17, 15) is 14.7 Å². The third-order valence-corrected chi connectivity index (χ3v) is 2.73. The Morgan fingerprint density at radius 1 is 1.50 bits per heavy atom. The lowest BCUT2D eigenvalue weighted by molar-refractivity contribution is -0.119. The molecule has 116 valence electrons. The predicted molar refractivity (Wildman–Crippen MR) is 79.0 cm³/mol. The number of hydrazone groups is 1. The highest BCUT2D eigenvalue weighted by Crippen LogP contribution is 2.28. The van der Waals surface area contributed by atoms with Crippen molar-refractivity contribution >= 4 is 18.0 Å². The lowest BCUT2D eigenvalue weighted by Gasteiger charge is -2.06. The summed E-state index contributed by atoms with van der Waals surface area (Å²) in [6.45, 7) is 2.24. The van der Waals surface area contributed by atoms with Crippen molar-refractivity contribution < 1.29 is 19.4 Å². The number of rotatable bonds is 5. The topological polar surface area (TPSA) is 112 Å². The van der Waals surface area contributed by atoms with Crippen molar-refractivity contribution in [2.75, 3.05) is 6.61 Å². The molecular weight excluding hydrogens is 288 g/mol. The normalized spacial score (nSPS) is 15.7. The van der Waals surface area contributed by atoms with E-state index in [1.54, 1.807) is 18.2 Å². The number of hydrazine groups is 1. The van der Waals surface area contributed by atoms with E-state index >= 15 is 0 Å². The van der Waals surface area contributed by atoms with Gasteiger partial charge < -0.3 is 15.3 Å². The van der Waals surface area contributed by atoms with Crippen LogP contribution in [0, 0.1) is 0 Å². The lowest BCUT2D eigenvalue weighted by Crippen LogP contribution is -2.25. The van der Waals surface area contributed by atoms with Crippen molar-refractivity contribution in [3.05, 3.63) is 35.5 Å². The zero-order valence-corrected chi connectivity index (χ0v) is 11.9. The van der Waals surface area contributed by atoms with Crippen molar-refractivity contribution in [1.82, 2.24) is 16.3 Å². The SMILES string of the molecule is CCOc1cccc(C=NNC(=O)C=C2CC(=O)NN2)c1O. The standard InChI is InChI=1S/C14H16N4O4/c1-2-22-11-5-3-4-9(14(11)21)8-15-17-12(19)6-10-7-13(20)18-16-10/h3-6,8,16,21H,2,7H2,1H3,(H,17,19)(H,18,20). The average molecular weight is 304 g/mol. The smallest absolute Gasteiger partial charge is 0.265 e. The Kier molecular flexibility index (Phi) is 4.97. The van der Waals surface area contributed by atoms with E-state index in [0.29, 0.717) is 23.6 Å². The highest BCUT2D eigenvalue weighted by Gasteiger charge is 2.14. The molecule has 2 rings (SSSR count). The minimum Gasteiger partial charge on any atom is -0.504 e. The molecule has 0 spiro atoms. The molecule has 8 nitrogen and oxygen atoms in total. The fraction of sp³-hybridized carbons (Fsp3) is 0.214. The van der Waals surface area contributed by atoms with Gasteiger partial charge in [-0.2, -0.15) is 5.10 Å². The summed E-state index contributed by atoms with van der Waals surface area (Å²) < 4.78 is 5.25. The molecule has 1 aliphatic heterocycles. The number of amides is 2. The summed E-state index contributed by atoms with van der Waals surface area (Å²) >= 11 is 0. The van der Waals surface area contributed by atoms with Crippen LogP contribution in [0.3, 0.4) is 0 Å². The number of hydrogen-bond donors (Lipinski definition) is 4. The molecule has 0 radical (unpaired) electrons. The van der Waals surface area contributed by atoms with Gasteiger partial charge in [-0.1, -0.05) is 6.07 Å². The van der Waals surface area contributed by atoms with Gasteiger partial charge in [-0.15, -0.1) is 0 Å². The zero-order chi connectivity index (χ0) is 15.9. The molecule has 1 aromatic carbocycles. The van der Waals surface area contributed by atoms with Gasteiger partial charge in [0.15, 0.2) is 11.5 Å². The molecule has 8 heteroatoms. The van der Waals surface area contributed by atoms with Crippen LogP contribution in [0.5, 0.6) is 11.5 Å².